The van der Waals surface area contributed by atoms with Gasteiger partial charge in [0, 0.05) is 6.54 Å². The summed E-state index contributed by atoms with van der Waals surface area (Å²) < 4.78 is 43.9. The van der Waals surface area contributed by atoms with E-state index >= 15 is 0 Å². The first kappa shape index (κ1) is 21.7. The van der Waals surface area contributed by atoms with Gasteiger partial charge in [-0.25, -0.2) is 9.97 Å². The number of hydrogen-bond acceptors (Lipinski definition) is 6. The number of likely N-dealkylation sites (tertiary alicyclic amines) is 1. The molecule has 0 aliphatic carbocycles. The van der Waals surface area contributed by atoms with Crippen molar-refractivity contribution < 1.29 is 22.7 Å². The SMILES string of the molecule is Cc1ccc(C(=O)N2CCCC(Oc3cnc(C(F)(F)F)cn3)C2C)c(-n2nccn2)c1. The summed E-state index contributed by atoms with van der Waals surface area (Å²) in [5.74, 6) is -0.211. The second-order valence-corrected chi connectivity index (χ2v) is 7.61. The van der Waals surface area contributed by atoms with Gasteiger partial charge < -0.3 is 9.64 Å². The summed E-state index contributed by atoms with van der Waals surface area (Å²) >= 11 is 0. The summed E-state index contributed by atoms with van der Waals surface area (Å²) in [4.78, 5) is 23.7. The van der Waals surface area contributed by atoms with Crippen molar-refractivity contribution in [3.05, 3.63) is 59.8 Å². The third-order valence-electron chi connectivity index (χ3n) is 5.39. The Kier molecular flexibility index (Phi) is 5.81. The molecule has 11 heteroatoms. The van der Waals surface area contributed by atoms with E-state index in [9.17, 15) is 18.0 Å². The summed E-state index contributed by atoms with van der Waals surface area (Å²) in [5, 5.41) is 8.29. The third-order valence-corrected chi connectivity index (χ3v) is 5.39. The molecule has 4 rings (SSSR count). The summed E-state index contributed by atoms with van der Waals surface area (Å²) in [5.41, 5.74) is 0.901. The number of ether oxygens (including phenoxy) is 1. The molecular weight excluding hydrogens is 425 g/mol. The first-order chi connectivity index (χ1) is 15.2. The molecule has 168 valence electrons. The van der Waals surface area contributed by atoms with Crippen LogP contribution in [0.2, 0.25) is 0 Å². The van der Waals surface area contributed by atoms with Crippen LogP contribution in [0.1, 0.15) is 41.4 Å². The van der Waals surface area contributed by atoms with Crippen LogP contribution in [0.25, 0.3) is 5.69 Å². The minimum atomic E-state index is -4.57. The third kappa shape index (κ3) is 4.41. The molecule has 3 heterocycles. The Labute approximate surface area is 182 Å². The fourth-order valence-corrected chi connectivity index (χ4v) is 3.71. The lowest BCUT2D eigenvalue weighted by atomic mass is 9.98. The number of carbonyl (C=O) groups excluding carboxylic acids is 1. The topological polar surface area (TPSA) is 86.0 Å². The normalized spacial score (nSPS) is 19.1. The molecule has 2 atom stereocenters. The molecule has 1 saturated heterocycles. The van der Waals surface area contributed by atoms with Crippen molar-refractivity contribution in [2.75, 3.05) is 6.54 Å². The number of benzene rings is 1. The van der Waals surface area contributed by atoms with E-state index in [1.54, 1.807) is 11.0 Å². The molecule has 1 fully saturated rings. The molecule has 1 aliphatic rings. The highest BCUT2D eigenvalue weighted by Gasteiger charge is 2.35. The Hall–Kier alpha value is -3.50. The number of piperidine rings is 1. The van der Waals surface area contributed by atoms with Crippen LogP contribution in [-0.4, -0.2) is 54.5 Å². The summed E-state index contributed by atoms with van der Waals surface area (Å²) in [7, 11) is 0. The molecule has 3 aromatic rings. The highest BCUT2D eigenvalue weighted by atomic mass is 19.4. The Morgan fingerprint density at radius 2 is 1.91 bits per heavy atom. The van der Waals surface area contributed by atoms with Crippen molar-refractivity contribution >= 4 is 5.91 Å². The fourth-order valence-electron chi connectivity index (χ4n) is 3.71. The van der Waals surface area contributed by atoms with Gasteiger partial charge in [0.25, 0.3) is 5.91 Å². The van der Waals surface area contributed by atoms with Gasteiger partial charge in [-0.1, -0.05) is 6.07 Å². The van der Waals surface area contributed by atoms with Crippen molar-refractivity contribution in [1.29, 1.82) is 0 Å². The van der Waals surface area contributed by atoms with Crippen molar-refractivity contribution in [3.8, 4) is 11.6 Å². The second-order valence-electron chi connectivity index (χ2n) is 7.61. The van der Waals surface area contributed by atoms with E-state index < -0.39 is 18.0 Å². The molecule has 8 nitrogen and oxygen atoms in total. The van der Waals surface area contributed by atoms with E-state index in [-0.39, 0.29) is 17.8 Å². The number of nitrogens with zero attached hydrogens (tertiary/aromatic N) is 6. The lowest BCUT2D eigenvalue weighted by Crippen LogP contribution is -2.51. The maximum Gasteiger partial charge on any atom is 0.434 e. The Morgan fingerprint density at radius 1 is 1.16 bits per heavy atom. The molecule has 0 N–H and O–H groups in total. The smallest absolute Gasteiger partial charge is 0.434 e. The van der Waals surface area contributed by atoms with Gasteiger partial charge in [-0.2, -0.15) is 28.2 Å². The zero-order chi connectivity index (χ0) is 22.9. The van der Waals surface area contributed by atoms with E-state index in [1.807, 2.05) is 26.0 Å². The minimum absolute atomic E-state index is 0.0130. The van der Waals surface area contributed by atoms with Gasteiger partial charge in [0.05, 0.1) is 42.1 Å². The highest BCUT2D eigenvalue weighted by Crippen LogP contribution is 2.29. The number of carbonyl (C=O) groups is 1. The van der Waals surface area contributed by atoms with Gasteiger partial charge in [-0.3, -0.25) is 4.79 Å². The van der Waals surface area contributed by atoms with Gasteiger partial charge in [-0.05, 0) is 44.4 Å². The standard InChI is InChI=1S/C21H21F3N6O2/c1-13-5-6-15(16(10-13)30-27-7-8-28-30)20(31)29-9-3-4-17(14(29)2)32-19-12-25-18(11-26-19)21(22,23)24/h5-8,10-12,14,17H,3-4,9H2,1-2H3. The number of alkyl halides is 3. The quantitative estimate of drug-likeness (QED) is 0.610. The summed E-state index contributed by atoms with van der Waals surface area (Å²) in [6.45, 7) is 4.29. The van der Waals surface area contributed by atoms with Crippen molar-refractivity contribution in [2.24, 2.45) is 0 Å². The number of aromatic nitrogens is 5. The lowest BCUT2D eigenvalue weighted by molar-refractivity contribution is -0.141. The van der Waals surface area contributed by atoms with E-state index in [4.69, 9.17) is 4.74 Å². The lowest BCUT2D eigenvalue weighted by Gasteiger charge is -2.39. The van der Waals surface area contributed by atoms with Crippen LogP contribution in [-0.2, 0) is 6.18 Å². The minimum Gasteiger partial charge on any atom is -0.471 e. The number of hydrogen-bond donors (Lipinski definition) is 0. The van der Waals surface area contributed by atoms with Crippen LogP contribution >= 0.6 is 0 Å². The van der Waals surface area contributed by atoms with Gasteiger partial charge in [0.1, 0.15) is 6.10 Å². The molecule has 2 aromatic heterocycles. The predicted molar refractivity (Wildman–Crippen MR) is 107 cm³/mol. The molecule has 0 bridgehead atoms. The number of amides is 1. The number of rotatable bonds is 4. The maximum atomic E-state index is 13.4. The molecule has 0 saturated carbocycles. The fraction of sp³-hybridized carbons (Fsp3) is 0.381. The molecule has 1 amide bonds. The van der Waals surface area contributed by atoms with Gasteiger partial charge in [0.15, 0.2) is 5.69 Å². The molecule has 0 radical (unpaired) electrons. The van der Waals surface area contributed by atoms with Gasteiger partial charge in [-0.15, -0.1) is 0 Å². The van der Waals surface area contributed by atoms with E-state index in [0.717, 1.165) is 11.8 Å². The molecule has 0 spiro atoms. The predicted octanol–water partition coefficient (Wildman–Crippen LogP) is 3.46. The highest BCUT2D eigenvalue weighted by molar-refractivity contribution is 5.98. The average Bonchev–Trinajstić information content (AvgIpc) is 3.29. The molecular formula is C21H21F3N6O2. The zero-order valence-corrected chi connectivity index (χ0v) is 17.5. The van der Waals surface area contributed by atoms with E-state index in [1.165, 1.54) is 17.2 Å². The maximum absolute atomic E-state index is 13.4. The van der Waals surface area contributed by atoms with Crippen molar-refractivity contribution in [1.82, 2.24) is 29.9 Å². The van der Waals surface area contributed by atoms with Crippen molar-refractivity contribution in [3.63, 3.8) is 0 Å². The number of halogens is 3. The van der Waals surface area contributed by atoms with Crippen LogP contribution in [0.15, 0.2) is 43.0 Å². The molecule has 1 aromatic carbocycles. The van der Waals surface area contributed by atoms with Crippen LogP contribution in [0, 0.1) is 6.92 Å². The first-order valence-electron chi connectivity index (χ1n) is 10.1. The second kappa shape index (κ2) is 8.56. The summed E-state index contributed by atoms with van der Waals surface area (Å²) in [6, 6.07) is 5.10. The van der Waals surface area contributed by atoms with Gasteiger partial charge >= 0.3 is 6.18 Å². The van der Waals surface area contributed by atoms with Crippen LogP contribution in [0.5, 0.6) is 5.88 Å². The zero-order valence-electron chi connectivity index (χ0n) is 17.5. The summed E-state index contributed by atoms with van der Waals surface area (Å²) in [6.07, 6.45) is 0.978. The van der Waals surface area contributed by atoms with Crippen LogP contribution in [0.4, 0.5) is 13.2 Å². The number of aryl methyl sites for hydroxylation is 1. The van der Waals surface area contributed by atoms with Gasteiger partial charge in [0.2, 0.25) is 5.88 Å². The van der Waals surface area contributed by atoms with E-state index in [0.29, 0.717) is 36.8 Å². The largest absolute Gasteiger partial charge is 0.471 e. The molecule has 2 unspecified atom stereocenters. The molecule has 32 heavy (non-hydrogen) atoms. The Balaban J connectivity index is 1.54. The van der Waals surface area contributed by atoms with E-state index in [2.05, 4.69) is 20.2 Å². The first-order valence-corrected chi connectivity index (χ1v) is 10.1. The van der Waals surface area contributed by atoms with Crippen molar-refractivity contribution in [2.45, 2.75) is 45.0 Å². The Bertz CT molecular complexity index is 1090. The molecule has 1 aliphatic heterocycles. The Morgan fingerprint density at radius 3 is 2.56 bits per heavy atom. The van der Waals surface area contributed by atoms with Crippen LogP contribution < -0.4 is 4.74 Å². The monoisotopic (exact) mass is 446 g/mol. The average molecular weight is 446 g/mol. The van der Waals surface area contributed by atoms with Crippen LogP contribution in [0.3, 0.4) is 0 Å².